The Hall–Kier alpha value is -2.26. The van der Waals surface area contributed by atoms with Crippen molar-refractivity contribution in [3.63, 3.8) is 0 Å². The topological polar surface area (TPSA) is 0 Å². The van der Waals surface area contributed by atoms with Crippen molar-refractivity contribution in [2.75, 3.05) is 0 Å². The van der Waals surface area contributed by atoms with Crippen molar-refractivity contribution < 1.29 is 17.6 Å². The second kappa shape index (κ2) is 5.70. The summed E-state index contributed by atoms with van der Waals surface area (Å²) in [5.41, 5.74) is 0. The van der Waals surface area contributed by atoms with E-state index in [0.29, 0.717) is 21.5 Å². The lowest BCUT2D eigenvalue weighted by atomic mass is 9.98. The Balaban J connectivity index is 1.84. The number of hydrogen-bond donors (Lipinski definition) is 0. The Morgan fingerprint density at radius 2 is 0.533 bits per heavy atom. The average molecular weight is 475 g/mol. The molecule has 0 fully saturated rings. The molecule has 8 heteroatoms. The summed E-state index contributed by atoms with van der Waals surface area (Å²) >= 11 is 4.08. The zero-order valence-electron chi connectivity index (χ0n) is 14.6. The highest BCUT2D eigenvalue weighted by Gasteiger charge is 2.20. The molecule has 30 heavy (non-hydrogen) atoms. The minimum atomic E-state index is -0.339. The van der Waals surface area contributed by atoms with Crippen molar-refractivity contribution in [2.45, 2.75) is 0 Å². The predicted octanol–water partition coefficient (Wildman–Crippen LogP) is 9.41. The zero-order valence-corrected chi connectivity index (χ0v) is 17.9. The van der Waals surface area contributed by atoms with Crippen LogP contribution in [0, 0.1) is 20.5 Å². The molecule has 7 aromatic rings. The quantitative estimate of drug-likeness (QED) is 0.152. The van der Waals surface area contributed by atoms with E-state index in [1.54, 1.807) is 0 Å². The first-order chi connectivity index (χ1) is 14.5. The van der Waals surface area contributed by atoms with Gasteiger partial charge in [-0.15, -0.1) is 45.3 Å². The van der Waals surface area contributed by atoms with E-state index in [4.69, 9.17) is 0 Å². The van der Waals surface area contributed by atoms with Crippen LogP contribution in [0.5, 0.6) is 0 Å². The van der Waals surface area contributed by atoms with Crippen LogP contribution >= 0.6 is 45.3 Å². The third-order valence-electron chi connectivity index (χ3n) is 5.52. The molecule has 146 valence electrons. The molecule has 0 aliphatic rings. The van der Waals surface area contributed by atoms with Crippen LogP contribution in [0.1, 0.15) is 0 Å². The molecule has 0 saturated carbocycles. The van der Waals surface area contributed by atoms with Gasteiger partial charge in [0.25, 0.3) is 0 Å². The van der Waals surface area contributed by atoms with Gasteiger partial charge in [0.2, 0.25) is 0 Å². The number of rotatable bonds is 0. The van der Waals surface area contributed by atoms with E-state index >= 15 is 0 Å². The van der Waals surface area contributed by atoms with Crippen molar-refractivity contribution in [1.82, 2.24) is 0 Å². The van der Waals surface area contributed by atoms with E-state index in [0.717, 1.165) is 85.7 Å². The number of halogens is 4. The average Bonchev–Trinajstić information content (AvgIpc) is 3.44. The summed E-state index contributed by atoms with van der Waals surface area (Å²) in [6.07, 6.45) is 0. The Morgan fingerprint density at radius 3 is 0.767 bits per heavy atom. The van der Waals surface area contributed by atoms with E-state index in [1.807, 2.05) is 12.1 Å². The van der Waals surface area contributed by atoms with Crippen LogP contribution in [0.2, 0.25) is 0 Å². The third-order valence-corrected chi connectivity index (χ3v) is 9.35. The second-order valence-corrected chi connectivity index (χ2v) is 11.1. The number of benzene rings is 3. The van der Waals surface area contributed by atoms with Gasteiger partial charge >= 0.3 is 0 Å². The number of hydrogen-bond acceptors (Lipinski definition) is 4. The van der Waals surface area contributed by atoms with Gasteiger partial charge in [-0.25, -0.2) is 0 Å². The maximum atomic E-state index is 14.2. The number of thiophene rings is 4. The van der Waals surface area contributed by atoms with E-state index in [-0.39, 0.29) is 20.5 Å². The van der Waals surface area contributed by atoms with Crippen molar-refractivity contribution in [3.8, 4) is 0 Å². The van der Waals surface area contributed by atoms with Crippen molar-refractivity contribution in [2.24, 2.45) is 0 Å². The van der Waals surface area contributed by atoms with Crippen LogP contribution in [0.25, 0.3) is 61.9 Å². The minimum Gasteiger partial charge on any atom is -0.195 e. The monoisotopic (exact) mass is 474 g/mol. The molecule has 4 aromatic heterocycles. The van der Waals surface area contributed by atoms with Crippen LogP contribution in [0.3, 0.4) is 0 Å². The van der Waals surface area contributed by atoms with Gasteiger partial charge in [0.15, 0.2) is 20.5 Å². The molecular formula is C22H6F4S4. The molecule has 0 bridgehead atoms. The fourth-order valence-electron chi connectivity index (χ4n) is 4.40. The fourth-order valence-corrected chi connectivity index (χ4v) is 8.11. The fraction of sp³-hybridized carbons (Fsp3) is 0. The molecule has 0 saturated heterocycles. The molecule has 0 spiro atoms. The van der Waals surface area contributed by atoms with Gasteiger partial charge in [-0.2, -0.15) is 17.6 Å². The highest BCUT2D eigenvalue weighted by atomic mass is 32.1. The normalized spacial score (nSPS) is 12.7. The van der Waals surface area contributed by atoms with Gasteiger partial charge in [-0.3, -0.25) is 0 Å². The van der Waals surface area contributed by atoms with Gasteiger partial charge in [-0.1, -0.05) is 0 Å². The molecule has 0 aliphatic heterocycles. The lowest BCUT2D eigenvalue weighted by Crippen LogP contribution is -1.80. The van der Waals surface area contributed by atoms with Crippen LogP contribution in [-0.2, 0) is 0 Å². The first-order valence-electron chi connectivity index (χ1n) is 8.85. The highest BCUT2D eigenvalue weighted by molar-refractivity contribution is 7.22. The smallest absolute Gasteiger partial charge is 0.177 e. The molecule has 0 N–H and O–H groups in total. The first kappa shape index (κ1) is 17.4. The van der Waals surface area contributed by atoms with Crippen LogP contribution < -0.4 is 0 Å². The molecule has 0 atom stereocenters. The Morgan fingerprint density at radius 1 is 0.333 bits per heavy atom. The largest absolute Gasteiger partial charge is 0.195 e. The highest BCUT2D eigenvalue weighted by Crippen LogP contribution is 2.48. The van der Waals surface area contributed by atoms with E-state index < -0.39 is 0 Å². The first-order valence-corrected chi connectivity index (χ1v) is 12.1. The van der Waals surface area contributed by atoms with E-state index in [9.17, 15) is 17.6 Å². The van der Waals surface area contributed by atoms with Gasteiger partial charge in [0, 0.05) is 61.9 Å². The summed E-state index contributed by atoms with van der Waals surface area (Å²) in [6.45, 7) is 0. The van der Waals surface area contributed by atoms with Crippen molar-refractivity contribution in [3.05, 3.63) is 56.9 Å². The summed E-state index contributed by atoms with van der Waals surface area (Å²) in [6, 6.07) is 9.62. The summed E-state index contributed by atoms with van der Waals surface area (Å²) in [5, 5.41) is 4.55. The summed E-state index contributed by atoms with van der Waals surface area (Å²) in [7, 11) is 0. The predicted molar refractivity (Wildman–Crippen MR) is 123 cm³/mol. The summed E-state index contributed by atoms with van der Waals surface area (Å²) < 4.78 is 59.8. The van der Waals surface area contributed by atoms with E-state index in [1.165, 1.54) is 24.3 Å². The van der Waals surface area contributed by atoms with Crippen LogP contribution in [0.15, 0.2) is 36.4 Å². The standard InChI is InChI=1S/C22H6F4S4/c23-15-3-11-13-5-17(25)29-21(13)9-2-10-8(1-7(9)19(11)27-15)20-12(4-16(24)28-20)14-6-18(26)30-22(10)14/h1-6H. The number of fused-ring (bicyclic) bond motifs is 12. The van der Waals surface area contributed by atoms with Gasteiger partial charge < -0.3 is 0 Å². The maximum Gasteiger partial charge on any atom is 0.177 e. The zero-order chi connectivity index (χ0) is 20.3. The molecule has 0 radical (unpaired) electrons. The van der Waals surface area contributed by atoms with Crippen LogP contribution in [0.4, 0.5) is 17.6 Å². The maximum absolute atomic E-state index is 14.2. The van der Waals surface area contributed by atoms with E-state index in [2.05, 4.69) is 0 Å². The molecule has 0 unspecified atom stereocenters. The van der Waals surface area contributed by atoms with Crippen LogP contribution in [-0.4, -0.2) is 0 Å². The Labute approximate surface area is 181 Å². The summed E-state index contributed by atoms with van der Waals surface area (Å²) in [4.78, 5) is 0. The Bertz CT molecular complexity index is 1580. The Kier molecular flexibility index (Phi) is 3.31. The van der Waals surface area contributed by atoms with Gasteiger partial charge in [0.1, 0.15) is 0 Å². The lowest BCUT2D eigenvalue weighted by molar-refractivity contribution is 0.657. The molecule has 0 aliphatic carbocycles. The van der Waals surface area contributed by atoms with Gasteiger partial charge in [-0.05, 0) is 36.4 Å². The van der Waals surface area contributed by atoms with Crippen molar-refractivity contribution >= 4 is 107 Å². The molecule has 0 amide bonds. The molecule has 3 aromatic carbocycles. The lowest BCUT2D eigenvalue weighted by Gasteiger charge is -2.08. The second-order valence-electron chi connectivity index (χ2n) is 7.12. The third kappa shape index (κ3) is 2.14. The summed E-state index contributed by atoms with van der Waals surface area (Å²) in [5.74, 6) is 0. The molecule has 0 nitrogen and oxygen atoms in total. The van der Waals surface area contributed by atoms with Gasteiger partial charge in [0.05, 0.1) is 0 Å². The molecular weight excluding hydrogens is 469 g/mol. The SMILES string of the molecule is Fc1cc2c3cc(F)sc3c3cc4c(cc3c2s1)c1sc(F)cc1c1cc(F)sc14. The molecule has 4 heterocycles. The molecule has 7 rings (SSSR count). The van der Waals surface area contributed by atoms with Crippen molar-refractivity contribution in [1.29, 1.82) is 0 Å². The minimum absolute atomic E-state index is 0.339.